The van der Waals surface area contributed by atoms with Gasteiger partial charge in [-0.2, -0.15) is 0 Å². The van der Waals surface area contributed by atoms with Gasteiger partial charge in [-0.15, -0.1) is 0 Å². The summed E-state index contributed by atoms with van der Waals surface area (Å²) in [6.07, 6.45) is 20.1. The Kier molecular flexibility index (Phi) is 10.1. The lowest BCUT2D eigenvalue weighted by Gasteiger charge is -2.05. The summed E-state index contributed by atoms with van der Waals surface area (Å²) >= 11 is 0. The molecule has 0 aliphatic carbocycles. The first-order valence-corrected chi connectivity index (χ1v) is 11.2. The van der Waals surface area contributed by atoms with Crippen molar-refractivity contribution in [3.05, 3.63) is 48.5 Å². The third-order valence-electron chi connectivity index (χ3n) is 5.50. The number of rotatable bonds is 13. The molecule has 0 radical (unpaired) electrons. The second kappa shape index (κ2) is 12.6. The minimum absolute atomic E-state index is 1.13. The van der Waals surface area contributed by atoms with E-state index in [1.54, 1.807) is 0 Å². The van der Waals surface area contributed by atoms with Gasteiger partial charge >= 0.3 is 0 Å². The van der Waals surface area contributed by atoms with Crippen molar-refractivity contribution < 1.29 is 9.13 Å². The number of nitrogens with zero attached hydrogens (tertiary/aromatic N) is 2. The second-order valence-corrected chi connectivity index (χ2v) is 7.90. The molecule has 148 valence electrons. The minimum Gasteiger partial charge on any atom is -0.205 e. The molecule has 2 nitrogen and oxygen atoms in total. The van der Waals surface area contributed by atoms with E-state index in [9.17, 15) is 0 Å². The van der Waals surface area contributed by atoms with E-state index in [0.717, 1.165) is 13.1 Å². The van der Waals surface area contributed by atoms with Crippen molar-refractivity contribution in [3.8, 4) is 11.1 Å². The molecule has 0 amide bonds. The second-order valence-electron chi connectivity index (χ2n) is 7.90. The average molecular weight is 369 g/mol. The van der Waals surface area contributed by atoms with Crippen molar-refractivity contribution in [1.29, 1.82) is 0 Å². The summed E-state index contributed by atoms with van der Waals surface area (Å²) in [6, 6.07) is 9.12. The van der Waals surface area contributed by atoms with E-state index < -0.39 is 0 Å². The summed E-state index contributed by atoms with van der Waals surface area (Å²) in [5, 5.41) is 0. The smallest absolute Gasteiger partial charge is 0.178 e. The van der Waals surface area contributed by atoms with E-state index in [2.05, 4.69) is 72.8 Å². The molecule has 0 N–H and O–H groups in total. The van der Waals surface area contributed by atoms with Gasteiger partial charge in [0.05, 0.1) is 0 Å². The third-order valence-corrected chi connectivity index (χ3v) is 5.50. The molecule has 0 spiro atoms. The van der Waals surface area contributed by atoms with Crippen LogP contribution in [0.5, 0.6) is 0 Å². The van der Waals surface area contributed by atoms with Gasteiger partial charge in [0, 0.05) is 44.0 Å². The number of aryl methyl sites for hydroxylation is 3. The lowest BCUT2D eigenvalue weighted by atomic mass is 10.1. The lowest BCUT2D eigenvalue weighted by Crippen LogP contribution is -2.36. The molecule has 27 heavy (non-hydrogen) atoms. The number of hydrogen-bond acceptors (Lipinski definition) is 0. The molecule has 0 aliphatic heterocycles. The Bertz CT molecular complexity index is 646. The van der Waals surface area contributed by atoms with Crippen molar-refractivity contribution in [2.45, 2.75) is 98.1 Å². The predicted octanol–water partition coefficient (Wildman–Crippen LogP) is 6.18. The quantitative estimate of drug-likeness (QED) is 0.295. The zero-order valence-electron chi connectivity index (χ0n) is 17.9. The highest BCUT2D eigenvalue weighted by Crippen LogP contribution is 2.17. The van der Waals surface area contributed by atoms with E-state index in [4.69, 9.17) is 0 Å². The van der Waals surface area contributed by atoms with Crippen LogP contribution in [0.2, 0.25) is 0 Å². The normalized spacial score (nSPS) is 11.1. The topological polar surface area (TPSA) is 7.76 Å². The van der Waals surface area contributed by atoms with Crippen molar-refractivity contribution in [2.24, 2.45) is 0 Å². The summed E-state index contributed by atoms with van der Waals surface area (Å²) < 4.78 is 4.72. The Balaban J connectivity index is 1.85. The Morgan fingerprint density at radius 2 is 1.19 bits per heavy atom. The molecule has 0 fully saturated rings. The fraction of sp³-hybridized carbons (Fsp3) is 0.600. The fourth-order valence-corrected chi connectivity index (χ4v) is 3.66. The van der Waals surface area contributed by atoms with Crippen LogP contribution in [-0.2, 0) is 13.1 Å². The van der Waals surface area contributed by atoms with Gasteiger partial charge in [0.15, 0.2) is 24.3 Å². The average Bonchev–Trinajstić information content (AvgIpc) is 2.69. The van der Waals surface area contributed by atoms with Gasteiger partial charge in [0.25, 0.3) is 0 Å². The zero-order valence-corrected chi connectivity index (χ0v) is 17.9. The molecule has 0 saturated carbocycles. The summed E-state index contributed by atoms with van der Waals surface area (Å²) in [6.45, 7) is 9.05. The van der Waals surface area contributed by atoms with E-state index in [1.165, 1.54) is 81.0 Å². The Morgan fingerprint density at radius 3 is 1.78 bits per heavy atom. The maximum Gasteiger partial charge on any atom is 0.178 e. The minimum atomic E-state index is 1.13. The van der Waals surface area contributed by atoms with Crippen molar-refractivity contribution in [3.63, 3.8) is 0 Å². The monoisotopic (exact) mass is 368 g/mol. The first kappa shape index (κ1) is 21.6. The lowest BCUT2D eigenvalue weighted by molar-refractivity contribution is -0.703. The largest absolute Gasteiger partial charge is 0.205 e. The van der Waals surface area contributed by atoms with Gasteiger partial charge in [-0.25, -0.2) is 9.13 Å². The molecule has 2 aromatic heterocycles. The van der Waals surface area contributed by atoms with Gasteiger partial charge in [0.2, 0.25) is 0 Å². The van der Waals surface area contributed by atoms with Crippen LogP contribution < -0.4 is 9.13 Å². The standard InChI is InChI=1S/C25H40N2/c1-4-6-8-10-12-17-26-19-14-24(15-20-26)25-16-21-27(23(3)22-25)18-13-11-9-7-5-2/h14-16,19-22H,4-13,17-18H2,1-3H3/q+2. The highest BCUT2D eigenvalue weighted by atomic mass is 14.9. The molecule has 2 aromatic rings. The third kappa shape index (κ3) is 7.82. The number of hydrogen-bond donors (Lipinski definition) is 0. The van der Waals surface area contributed by atoms with Crippen LogP contribution in [0.4, 0.5) is 0 Å². The summed E-state index contributed by atoms with van der Waals surface area (Å²) in [7, 11) is 0. The summed E-state index contributed by atoms with van der Waals surface area (Å²) in [5.74, 6) is 0. The van der Waals surface area contributed by atoms with Crippen LogP contribution in [0.1, 0.15) is 83.7 Å². The van der Waals surface area contributed by atoms with Gasteiger partial charge in [-0.1, -0.05) is 52.4 Å². The molecule has 2 heteroatoms. The van der Waals surface area contributed by atoms with Crippen LogP contribution in [0.25, 0.3) is 11.1 Å². The molecule has 0 unspecified atom stereocenters. The first-order valence-electron chi connectivity index (χ1n) is 11.2. The molecular weight excluding hydrogens is 328 g/mol. The van der Waals surface area contributed by atoms with Crippen molar-refractivity contribution in [1.82, 2.24) is 0 Å². The van der Waals surface area contributed by atoms with Crippen LogP contribution in [0, 0.1) is 6.92 Å². The molecular formula is C25H40N2+2. The van der Waals surface area contributed by atoms with Gasteiger partial charge in [-0.05, 0) is 24.0 Å². The van der Waals surface area contributed by atoms with E-state index in [-0.39, 0.29) is 0 Å². The number of aromatic nitrogens is 2. The van der Waals surface area contributed by atoms with E-state index >= 15 is 0 Å². The van der Waals surface area contributed by atoms with E-state index in [1.807, 2.05) is 0 Å². The molecule has 0 atom stereocenters. The highest BCUT2D eigenvalue weighted by molar-refractivity contribution is 5.61. The number of pyridine rings is 2. The van der Waals surface area contributed by atoms with Crippen LogP contribution >= 0.6 is 0 Å². The van der Waals surface area contributed by atoms with Gasteiger partial charge < -0.3 is 0 Å². The van der Waals surface area contributed by atoms with Crippen LogP contribution in [0.15, 0.2) is 42.9 Å². The van der Waals surface area contributed by atoms with Crippen molar-refractivity contribution >= 4 is 0 Å². The van der Waals surface area contributed by atoms with Crippen molar-refractivity contribution in [2.75, 3.05) is 0 Å². The Labute approximate surface area is 167 Å². The summed E-state index contributed by atoms with van der Waals surface area (Å²) in [5.41, 5.74) is 4.00. The molecule has 0 aliphatic rings. The molecule has 0 saturated heterocycles. The highest BCUT2D eigenvalue weighted by Gasteiger charge is 2.09. The van der Waals surface area contributed by atoms with Gasteiger partial charge in [-0.3, -0.25) is 0 Å². The maximum absolute atomic E-state index is 2.40. The van der Waals surface area contributed by atoms with Crippen LogP contribution in [-0.4, -0.2) is 0 Å². The maximum atomic E-state index is 2.40. The Hall–Kier alpha value is -1.70. The predicted molar refractivity (Wildman–Crippen MR) is 115 cm³/mol. The van der Waals surface area contributed by atoms with Gasteiger partial charge in [0.1, 0.15) is 13.1 Å². The Morgan fingerprint density at radius 1 is 0.630 bits per heavy atom. The SMILES string of the molecule is CCCCCCC[n+]1ccc(-c2cc[n+](CCCCCCC)c(C)c2)cc1. The molecule has 2 rings (SSSR count). The molecule has 2 heterocycles. The number of unbranched alkanes of at least 4 members (excludes halogenated alkanes) is 8. The molecule has 0 aromatic carbocycles. The van der Waals surface area contributed by atoms with E-state index in [0.29, 0.717) is 0 Å². The zero-order chi connectivity index (χ0) is 19.3. The van der Waals surface area contributed by atoms with Crippen LogP contribution in [0.3, 0.4) is 0 Å². The fourth-order valence-electron chi connectivity index (χ4n) is 3.66. The first-order chi connectivity index (χ1) is 13.2. The summed E-state index contributed by atoms with van der Waals surface area (Å²) in [4.78, 5) is 0. The molecule has 0 bridgehead atoms.